The number of benzene rings is 3. The fourth-order valence-electron chi connectivity index (χ4n) is 2.77. The largest absolute Gasteiger partial charge is 0.497 e. The van der Waals surface area contributed by atoms with Gasteiger partial charge in [-0.2, -0.15) is 0 Å². The highest BCUT2D eigenvalue weighted by molar-refractivity contribution is 7.92. The number of hydrogen-bond acceptors (Lipinski definition) is 6. The second-order valence-corrected chi connectivity index (χ2v) is 9.06. The number of ether oxygens (including phenoxy) is 2. The van der Waals surface area contributed by atoms with Gasteiger partial charge in [-0.1, -0.05) is 12.1 Å². The smallest absolute Gasteiger partial charge is 0.264 e. The van der Waals surface area contributed by atoms with Gasteiger partial charge in [-0.15, -0.1) is 0 Å². The maximum absolute atomic E-state index is 12.6. The zero-order chi connectivity index (χ0) is 23.8. The van der Waals surface area contributed by atoms with E-state index in [0.29, 0.717) is 22.9 Å². The van der Waals surface area contributed by atoms with Crippen molar-refractivity contribution in [2.75, 3.05) is 23.8 Å². The summed E-state index contributed by atoms with van der Waals surface area (Å²) in [5.74, 6) is 0.791. The Hall–Kier alpha value is -3.63. The average Bonchev–Trinajstić information content (AvgIpc) is 2.78. The van der Waals surface area contributed by atoms with Crippen LogP contribution in [-0.4, -0.2) is 33.2 Å². The summed E-state index contributed by atoms with van der Waals surface area (Å²) in [5, 5.41) is 5.42. The molecule has 8 nitrogen and oxygen atoms in total. The molecule has 3 aromatic carbocycles. The predicted octanol–water partition coefficient (Wildman–Crippen LogP) is 3.70. The Kier molecular flexibility index (Phi) is 7.86. The lowest BCUT2D eigenvalue weighted by Gasteiger charge is -2.12. The van der Waals surface area contributed by atoms with Gasteiger partial charge in [0.25, 0.3) is 15.9 Å². The van der Waals surface area contributed by atoms with E-state index in [2.05, 4.69) is 15.4 Å². The van der Waals surface area contributed by atoms with Crippen molar-refractivity contribution >= 4 is 44.6 Å². The van der Waals surface area contributed by atoms with Gasteiger partial charge in [0.1, 0.15) is 11.5 Å². The van der Waals surface area contributed by atoms with E-state index in [1.54, 1.807) is 42.5 Å². The minimum Gasteiger partial charge on any atom is -0.497 e. The van der Waals surface area contributed by atoms with E-state index < -0.39 is 15.9 Å². The Balaban J connectivity index is 1.52. The van der Waals surface area contributed by atoms with E-state index in [-0.39, 0.29) is 16.6 Å². The van der Waals surface area contributed by atoms with E-state index in [0.717, 1.165) is 5.56 Å². The van der Waals surface area contributed by atoms with Crippen LogP contribution in [0.2, 0.25) is 0 Å². The summed E-state index contributed by atoms with van der Waals surface area (Å²) < 4.78 is 38.2. The van der Waals surface area contributed by atoms with Crippen LogP contribution in [0.3, 0.4) is 0 Å². The van der Waals surface area contributed by atoms with Crippen molar-refractivity contribution < 1.29 is 22.7 Å². The second-order valence-electron chi connectivity index (χ2n) is 6.97. The van der Waals surface area contributed by atoms with Crippen LogP contribution in [0.15, 0.2) is 77.7 Å². The monoisotopic (exact) mass is 485 g/mol. The minimum absolute atomic E-state index is 0.0693. The number of anilines is 2. The average molecular weight is 486 g/mol. The van der Waals surface area contributed by atoms with E-state index >= 15 is 0 Å². The molecule has 0 bridgehead atoms. The standard InChI is InChI=1S/C23H23N3O5S2/c1-16-4-3-5-20(14-16)31-15-22(27)25-23(32)24-17-8-12-21(13-9-17)33(28,29)26-18-6-10-19(30-2)11-7-18/h3-14,26H,15H2,1-2H3,(H2,24,25,27,32). The molecule has 33 heavy (non-hydrogen) atoms. The number of hydrogen-bond donors (Lipinski definition) is 3. The van der Waals surface area contributed by atoms with Gasteiger partial charge in [0.15, 0.2) is 11.7 Å². The van der Waals surface area contributed by atoms with Gasteiger partial charge in [-0.05, 0) is 85.4 Å². The van der Waals surface area contributed by atoms with Crippen molar-refractivity contribution in [1.82, 2.24) is 5.32 Å². The normalized spacial score (nSPS) is 10.7. The lowest BCUT2D eigenvalue weighted by molar-refractivity contribution is -0.121. The summed E-state index contributed by atoms with van der Waals surface area (Å²) in [6, 6.07) is 19.8. The molecule has 0 aliphatic carbocycles. The first-order valence-corrected chi connectivity index (χ1v) is 11.7. The molecule has 3 aromatic rings. The van der Waals surface area contributed by atoms with Crippen molar-refractivity contribution in [2.45, 2.75) is 11.8 Å². The van der Waals surface area contributed by atoms with Crippen LogP contribution in [0.5, 0.6) is 11.5 Å². The van der Waals surface area contributed by atoms with Crippen LogP contribution in [0.1, 0.15) is 5.56 Å². The molecule has 10 heteroatoms. The first-order chi connectivity index (χ1) is 15.7. The Morgan fingerprint density at radius 3 is 2.24 bits per heavy atom. The van der Waals surface area contributed by atoms with Crippen LogP contribution in [-0.2, 0) is 14.8 Å². The summed E-state index contributed by atoms with van der Waals surface area (Å²) in [6.07, 6.45) is 0. The molecule has 172 valence electrons. The number of amides is 1. The summed E-state index contributed by atoms with van der Waals surface area (Å²) in [4.78, 5) is 12.1. The van der Waals surface area contributed by atoms with E-state index in [4.69, 9.17) is 21.7 Å². The van der Waals surface area contributed by atoms with E-state index in [9.17, 15) is 13.2 Å². The molecule has 0 saturated carbocycles. The van der Waals surface area contributed by atoms with E-state index in [1.165, 1.54) is 19.2 Å². The van der Waals surface area contributed by atoms with Gasteiger partial charge in [-0.25, -0.2) is 8.42 Å². The summed E-state index contributed by atoms with van der Waals surface area (Å²) in [5.41, 5.74) is 1.95. The van der Waals surface area contributed by atoms with Crippen molar-refractivity contribution in [3.8, 4) is 11.5 Å². The summed E-state index contributed by atoms with van der Waals surface area (Å²) in [7, 11) is -2.24. The zero-order valence-corrected chi connectivity index (χ0v) is 19.6. The molecule has 3 rings (SSSR count). The molecular weight excluding hydrogens is 462 g/mol. The maximum Gasteiger partial charge on any atom is 0.264 e. The zero-order valence-electron chi connectivity index (χ0n) is 18.0. The topological polar surface area (TPSA) is 106 Å². The van der Waals surface area contributed by atoms with Gasteiger partial charge >= 0.3 is 0 Å². The lowest BCUT2D eigenvalue weighted by Crippen LogP contribution is -2.37. The third-order valence-electron chi connectivity index (χ3n) is 4.38. The van der Waals surface area contributed by atoms with Gasteiger partial charge in [0.05, 0.1) is 12.0 Å². The molecule has 0 aliphatic heterocycles. The number of thiocarbonyl (C=S) groups is 1. The molecular formula is C23H23N3O5S2. The van der Waals surface area contributed by atoms with Gasteiger partial charge < -0.3 is 14.8 Å². The SMILES string of the molecule is COc1ccc(NS(=O)(=O)c2ccc(NC(=S)NC(=O)COc3cccc(C)c3)cc2)cc1. The molecule has 3 N–H and O–H groups in total. The third kappa shape index (κ3) is 7.19. The highest BCUT2D eigenvalue weighted by Gasteiger charge is 2.14. The van der Waals surface area contributed by atoms with Crippen LogP contribution in [0, 0.1) is 6.92 Å². The number of sulfonamides is 1. The van der Waals surface area contributed by atoms with Gasteiger partial charge in [0, 0.05) is 11.4 Å². The van der Waals surface area contributed by atoms with Crippen molar-refractivity contribution in [2.24, 2.45) is 0 Å². The number of aryl methyl sites for hydroxylation is 1. The number of carbonyl (C=O) groups excluding carboxylic acids is 1. The molecule has 1 amide bonds. The lowest BCUT2D eigenvalue weighted by atomic mass is 10.2. The summed E-state index contributed by atoms with van der Waals surface area (Å²) >= 11 is 5.14. The molecule has 0 radical (unpaired) electrons. The Morgan fingerprint density at radius 2 is 1.61 bits per heavy atom. The molecule has 0 fully saturated rings. The number of nitrogens with one attached hydrogen (secondary N) is 3. The molecule has 0 saturated heterocycles. The van der Waals surface area contributed by atoms with Crippen LogP contribution >= 0.6 is 12.2 Å². The second kappa shape index (κ2) is 10.8. The number of carbonyl (C=O) groups is 1. The Bertz CT molecular complexity index is 1230. The number of rotatable bonds is 8. The first kappa shape index (κ1) is 24.0. The molecule has 0 heterocycles. The highest BCUT2D eigenvalue weighted by atomic mass is 32.2. The quantitative estimate of drug-likeness (QED) is 0.418. The molecule has 0 aliphatic rings. The van der Waals surface area contributed by atoms with Gasteiger partial charge in [-0.3, -0.25) is 14.8 Å². The molecule has 0 unspecified atom stereocenters. The van der Waals surface area contributed by atoms with Crippen LogP contribution in [0.25, 0.3) is 0 Å². The summed E-state index contributed by atoms with van der Waals surface area (Å²) in [6.45, 7) is 1.73. The Labute approximate surface area is 198 Å². The molecule has 0 atom stereocenters. The predicted molar refractivity (Wildman–Crippen MR) is 131 cm³/mol. The third-order valence-corrected chi connectivity index (χ3v) is 5.98. The van der Waals surface area contributed by atoms with Crippen LogP contribution in [0.4, 0.5) is 11.4 Å². The van der Waals surface area contributed by atoms with Gasteiger partial charge in [0.2, 0.25) is 0 Å². The maximum atomic E-state index is 12.6. The van der Waals surface area contributed by atoms with E-state index in [1.807, 2.05) is 25.1 Å². The molecule has 0 spiro atoms. The fraction of sp³-hybridized carbons (Fsp3) is 0.130. The Morgan fingerprint density at radius 1 is 0.939 bits per heavy atom. The number of methoxy groups -OCH3 is 1. The van der Waals surface area contributed by atoms with Crippen molar-refractivity contribution in [1.29, 1.82) is 0 Å². The molecule has 0 aromatic heterocycles. The fourth-order valence-corrected chi connectivity index (χ4v) is 4.06. The highest BCUT2D eigenvalue weighted by Crippen LogP contribution is 2.20. The first-order valence-electron chi connectivity index (χ1n) is 9.82. The van der Waals surface area contributed by atoms with Crippen molar-refractivity contribution in [3.05, 3.63) is 78.4 Å². The minimum atomic E-state index is -3.77. The van der Waals surface area contributed by atoms with Crippen molar-refractivity contribution in [3.63, 3.8) is 0 Å². The van der Waals surface area contributed by atoms with Crippen LogP contribution < -0.4 is 24.8 Å².